The SMILES string of the molecule is NC(=S)SC(=S)S. The van der Waals surface area contributed by atoms with Crippen molar-refractivity contribution in [2.24, 2.45) is 5.73 Å². The zero-order chi connectivity index (χ0) is 5.86. The van der Waals surface area contributed by atoms with Crippen LogP contribution in [0.5, 0.6) is 0 Å². The largest absolute Gasteiger partial charge is 0.384 e. The highest BCUT2D eigenvalue weighted by molar-refractivity contribution is 8.50. The zero-order valence-electron chi connectivity index (χ0n) is 3.25. The van der Waals surface area contributed by atoms with Gasteiger partial charge in [0.15, 0.2) is 0 Å². The predicted molar refractivity (Wildman–Crippen MR) is 46.0 cm³/mol. The normalized spacial score (nSPS) is 8.14. The van der Waals surface area contributed by atoms with Gasteiger partial charge >= 0.3 is 0 Å². The van der Waals surface area contributed by atoms with Crippen molar-refractivity contribution >= 4 is 56.7 Å². The zero-order valence-corrected chi connectivity index (χ0v) is 6.59. The summed E-state index contributed by atoms with van der Waals surface area (Å²) in [7, 11) is 0. The lowest BCUT2D eigenvalue weighted by atomic mass is 11.5. The first-order valence-corrected chi connectivity index (χ1v) is 3.41. The van der Waals surface area contributed by atoms with Crippen molar-refractivity contribution in [3.63, 3.8) is 0 Å². The van der Waals surface area contributed by atoms with Gasteiger partial charge in [0.1, 0.15) is 7.85 Å². The van der Waals surface area contributed by atoms with E-state index in [9.17, 15) is 0 Å². The van der Waals surface area contributed by atoms with E-state index < -0.39 is 0 Å². The maximum absolute atomic E-state index is 5.05. The maximum atomic E-state index is 5.05. The van der Waals surface area contributed by atoms with Crippen LogP contribution in [0.1, 0.15) is 0 Å². The van der Waals surface area contributed by atoms with Crippen molar-refractivity contribution < 1.29 is 0 Å². The molecule has 0 amide bonds. The molecule has 0 fully saturated rings. The van der Waals surface area contributed by atoms with Crippen LogP contribution in [0.25, 0.3) is 0 Å². The predicted octanol–water partition coefficient (Wildman–Crippen LogP) is 1.18. The highest BCUT2D eigenvalue weighted by Gasteiger charge is 1.89. The Bertz CT molecular complexity index is 85.9. The second-order valence-electron chi connectivity index (χ2n) is 0.687. The molecular formula is C2H3NS4. The molecule has 0 unspecified atom stereocenters. The van der Waals surface area contributed by atoms with Crippen molar-refractivity contribution in [3.8, 4) is 0 Å². The molecule has 0 saturated carbocycles. The van der Waals surface area contributed by atoms with Crippen molar-refractivity contribution in [2.45, 2.75) is 0 Å². The lowest BCUT2D eigenvalue weighted by Gasteiger charge is -1.87. The maximum Gasteiger partial charge on any atom is 0.137 e. The first-order chi connectivity index (χ1) is 3.13. The molecule has 0 spiro atoms. The van der Waals surface area contributed by atoms with Gasteiger partial charge in [-0.1, -0.05) is 24.4 Å². The minimum Gasteiger partial charge on any atom is -0.384 e. The van der Waals surface area contributed by atoms with Gasteiger partial charge in [0, 0.05) is 0 Å². The summed E-state index contributed by atoms with van der Waals surface area (Å²) in [6, 6.07) is 0. The van der Waals surface area contributed by atoms with Crippen LogP contribution in [-0.2, 0) is 0 Å². The van der Waals surface area contributed by atoms with Crippen LogP contribution in [0.3, 0.4) is 0 Å². The lowest BCUT2D eigenvalue weighted by Crippen LogP contribution is -2.02. The average Bonchev–Trinajstić information content (AvgIpc) is 1.27. The van der Waals surface area contributed by atoms with E-state index in [1.54, 1.807) is 0 Å². The summed E-state index contributed by atoms with van der Waals surface area (Å²) in [5, 5.41) is 0. The second kappa shape index (κ2) is 3.65. The molecule has 40 valence electrons. The fourth-order valence-corrected chi connectivity index (χ4v) is 1.42. The van der Waals surface area contributed by atoms with Crippen LogP contribution in [0.15, 0.2) is 0 Å². The molecule has 0 aliphatic rings. The van der Waals surface area contributed by atoms with Gasteiger partial charge in [-0.05, 0) is 11.8 Å². The molecule has 7 heavy (non-hydrogen) atoms. The van der Waals surface area contributed by atoms with E-state index in [4.69, 9.17) is 5.73 Å². The van der Waals surface area contributed by atoms with Crippen molar-refractivity contribution in [3.05, 3.63) is 0 Å². The summed E-state index contributed by atoms with van der Waals surface area (Å²) in [5.74, 6) is 0. The van der Waals surface area contributed by atoms with Gasteiger partial charge in [-0.2, -0.15) is 0 Å². The summed E-state index contributed by atoms with van der Waals surface area (Å²) in [6.07, 6.45) is 0. The van der Waals surface area contributed by atoms with Gasteiger partial charge in [-0.15, -0.1) is 12.6 Å². The number of rotatable bonds is 0. The molecule has 0 aromatic heterocycles. The third-order valence-electron chi connectivity index (χ3n) is 0.188. The highest BCUT2D eigenvalue weighted by Crippen LogP contribution is 2.05. The van der Waals surface area contributed by atoms with E-state index in [1.165, 1.54) is 0 Å². The van der Waals surface area contributed by atoms with Gasteiger partial charge in [-0.3, -0.25) is 0 Å². The molecule has 2 N–H and O–H groups in total. The topological polar surface area (TPSA) is 26.0 Å². The van der Waals surface area contributed by atoms with Crippen molar-refractivity contribution in [1.82, 2.24) is 0 Å². The first-order valence-electron chi connectivity index (χ1n) is 1.33. The molecular weight excluding hydrogens is 166 g/mol. The smallest absolute Gasteiger partial charge is 0.137 e. The van der Waals surface area contributed by atoms with E-state index in [0.29, 0.717) is 7.85 Å². The third kappa shape index (κ3) is 6.68. The van der Waals surface area contributed by atoms with Crippen LogP contribution < -0.4 is 5.73 Å². The molecule has 1 nitrogen and oxygen atoms in total. The van der Waals surface area contributed by atoms with E-state index in [-0.39, 0.29) is 0 Å². The Balaban J connectivity index is 3.32. The number of hydrogen-bond acceptors (Lipinski definition) is 3. The minimum absolute atomic E-state index is 0.319. The van der Waals surface area contributed by atoms with Gasteiger partial charge in [0.25, 0.3) is 0 Å². The molecule has 0 aliphatic heterocycles. The molecule has 0 aromatic rings. The standard InChI is InChI=1S/C2H3NS4/c3-1(4)7-2(5)6/h(H2,3,4)(H,5,6). The quantitative estimate of drug-likeness (QED) is 0.420. The molecule has 0 rings (SSSR count). The summed E-state index contributed by atoms with van der Waals surface area (Å²) in [6.45, 7) is 0. The number of hydrogen-bond donors (Lipinski definition) is 2. The Kier molecular flexibility index (Phi) is 4.01. The lowest BCUT2D eigenvalue weighted by molar-refractivity contribution is 1.91. The molecule has 0 radical (unpaired) electrons. The van der Waals surface area contributed by atoms with Crippen LogP contribution in [0.4, 0.5) is 0 Å². The van der Waals surface area contributed by atoms with Crippen LogP contribution in [0, 0.1) is 0 Å². The van der Waals surface area contributed by atoms with Gasteiger partial charge < -0.3 is 5.73 Å². The Hall–Kier alpha value is 0.680. The van der Waals surface area contributed by atoms with Crippen molar-refractivity contribution in [2.75, 3.05) is 0 Å². The summed E-state index contributed by atoms with van der Waals surface area (Å²) in [4.78, 5) is 0. The Labute approximate surface area is 62.4 Å². The summed E-state index contributed by atoms with van der Waals surface area (Å²) in [5.41, 5.74) is 5.05. The van der Waals surface area contributed by atoms with Gasteiger partial charge in [0.2, 0.25) is 0 Å². The second-order valence-corrected chi connectivity index (χ2v) is 4.16. The molecule has 0 aliphatic carbocycles. The van der Waals surface area contributed by atoms with E-state index >= 15 is 0 Å². The Morgan fingerprint density at radius 1 is 1.57 bits per heavy atom. The first kappa shape index (κ1) is 7.68. The van der Waals surface area contributed by atoms with Gasteiger partial charge in [-0.25, -0.2) is 0 Å². The summed E-state index contributed by atoms with van der Waals surface area (Å²) >= 11 is 13.9. The van der Waals surface area contributed by atoms with Crippen LogP contribution in [0.2, 0.25) is 0 Å². The molecule has 0 atom stereocenters. The Morgan fingerprint density at radius 3 is 2.00 bits per heavy atom. The number of thiocarbonyl (C=S) groups is 2. The fourth-order valence-electron chi connectivity index (χ4n) is 0.0861. The molecule has 0 bridgehead atoms. The van der Waals surface area contributed by atoms with Crippen molar-refractivity contribution in [1.29, 1.82) is 0 Å². The molecule has 5 heteroatoms. The molecule has 0 saturated heterocycles. The Morgan fingerprint density at radius 2 is 2.00 bits per heavy atom. The van der Waals surface area contributed by atoms with E-state index in [1.807, 2.05) is 0 Å². The third-order valence-corrected chi connectivity index (χ3v) is 1.34. The number of nitrogens with two attached hydrogens (primary N) is 1. The number of thiol groups is 1. The average molecular weight is 169 g/mol. The summed E-state index contributed by atoms with van der Waals surface area (Å²) < 4.78 is 0.785. The molecule has 0 heterocycles. The van der Waals surface area contributed by atoms with E-state index in [0.717, 1.165) is 11.8 Å². The number of thioether (sulfide) groups is 1. The van der Waals surface area contributed by atoms with E-state index in [2.05, 4.69) is 37.1 Å². The fraction of sp³-hybridized carbons (Fsp3) is 0. The minimum atomic E-state index is 0.319. The molecule has 0 aromatic carbocycles. The highest BCUT2D eigenvalue weighted by atomic mass is 32.2. The van der Waals surface area contributed by atoms with Crippen LogP contribution >= 0.6 is 48.8 Å². The van der Waals surface area contributed by atoms with Crippen LogP contribution in [-0.4, -0.2) is 7.85 Å². The van der Waals surface area contributed by atoms with Gasteiger partial charge in [0.05, 0.1) is 0 Å². The monoisotopic (exact) mass is 169 g/mol.